The quantitative estimate of drug-likeness (QED) is 0.0126. The SMILES string of the molecule is [N-]=[N+]=NCCOCCOCCOCCNC(=O)c1cc(OCCOCCOCCOC(c2ccccc2)(c2ccccc2)c2ccccc2)cc(OCCOCCOCCOC(c2ccccc2)(c2ccccc2)c2ccccc2)c1. The highest BCUT2D eigenvalue weighted by molar-refractivity contribution is 5.95. The lowest BCUT2D eigenvalue weighted by Gasteiger charge is -2.36. The second-order valence-corrected chi connectivity index (χ2v) is 18.1. The van der Waals surface area contributed by atoms with Gasteiger partial charge in [-0.05, 0) is 51.0 Å². The number of rotatable bonds is 41. The summed E-state index contributed by atoms with van der Waals surface area (Å²) in [5.41, 5.74) is 13.2. The molecule has 0 aliphatic rings. The molecule has 0 atom stereocenters. The molecule has 1 amide bonds. The van der Waals surface area contributed by atoms with Crippen LogP contribution in [0.5, 0.6) is 11.5 Å². The van der Waals surface area contributed by atoms with E-state index in [2.05, 4.69) is 88.1 Å². The molecule has 0 radical (unpaired) electrons. The molecule has 0 aliphatic heterocycles. The molecular weight excluding hydrogens is 1030 g/mol. The Balaban J connectivity index is 0.840. The Morgan fingerprint density at radius 2 is 0.654 bits per heavy atom. The maximum absolute atomic E-state index is 13.4. The van der Waals surface area contributed by atoms with E-state index in [1.165, 1.54) is 0 Å². The number of carbonyl (C=O) groups excluding carboxylic acids is 1. The van der Waals surface area contributed by atoms with E-state index in [0.29, 0.717) is 103 Å². The van der Waals surface area contributed by atoms with Crippen molar-refractivity contribution in [1.82, 2.24) is 5.32 Å². The molecule has 1 N–H and O–H groups in total. The normalized spacial score (nSPS) is 11.5. The summed E-state index contributed by atoms with van der Waals surface area (Å²) < 4.78 is 66.0. The molecule has 0 unspecified atom stereocenters. The highest BCUT2D eigenvalue weighted by atomic mass is 16.6. The van der Waals surface area contributed by atoms with E-state index in [1.54, 1.807) is 18.2 Å². The standard InChI is InChI=1S/C65H74N4O12/c66-69-68-32-34-72-36-38-73-37-35-71-33-31-67-63(70)54-51-61(78-47-43-74-39-41-76-45-49-80-64(55-19-7-1-8-20-55,56-21-9-2-10-22-56)57-23-11-3-12-24-57)53-62(52-54)79-48-44-75-40-42-77-46-50-81-65(58-25-13-4-14-26-58,59-27-15-5-16-28-59)60-29-17-6-18-30-60/h1-30,51-53H,31-50H2,(H,67,70). The Kier molecular flexibility index (Phi) is 27.2. The van der Waals surface area contributed by atoms with Crippen molar-refractivity contribution < 1.29 is 56.9 Å². The number of azide groups is 1. The van der Waals surface area contributed by atoms with Crippen molar-refractivity contribution in [2.75, 3.05) is 132 Å². The summed E-state index contributed by atoms with van der Waals surface area (Å²) in [6.45, 7) is 6.49. The van der Waals surface area contributed by atoms with Crippen LogP contribution in [0.2, 0.25) is 0 Å². The van der Waals surface area contributed by atoms with Crippen LogP contribution in [0.15, 0.2) is 205 Å². The number of benzene rings is 7. The van der Waals surface area contributed by atoms with E-state index in [1.807, 2.05) is 109 Å². The summed E-state index contributed by atoms with van der Waals surface area (Å²) in [5.74, 6) is 0.562. The minimum absolute atomic E-state index is 0.221. The molecule has 81 heavy (non-hydrogen) atoms. The van der Waals surface area contributed by atoms with Crippen molar-refractivity contribution in [2.45, 2.75) is 11.2 Å². The predicted molar refractivity (Wildman–Crippen MR) is 310 cm³/mol. The molecule has 0 bridgehead atoms. The average Bonchev–Trinajstić information content (AvgIpc) is 3.57. The van der Waals surface area contributed by atoms with E-state index in [4.69, 9.17) is 57.6 Å². The van der Waals surface area contributed by atoms with Crippen LogP contribution in [0.3, 0.4) is 0 Å². The van der Waals surface area contributed by atoms with E-state index in [9.17, 15) is 4.79 Å². The molecule has 426 valence electrons. The van der Waals surface area contributed by atoms with Crippen molar-refractivity contribution in [3.8, 4) is 11.5 Å². The largest absolute Gasteiger partial charge is 0.491 e. The molecule has 16 nitrogen and oxygen atoms in total. The summed E-state index contributed by atoms with van der Waals surface area (Å²) in [5, 5.41) is 6.32. The van der Waals surface area contributed by atoms with Gasteiger partial charge in [-0.25, -0.2) is 0 Å². The zero-order chi connectivity index (χ0) is 56.1. The minimum atomic E-state index is -0.825. The molecule has 0 spiro atoms. The Hall–Kier alpha value is -7.44. The predicted octanol–water partition coefficient (Wildman–Crippen LogP) is 10.6. The fraction of sp³-hybridized carbons (Fsp3) is 0.338. The average molecular weight is 1100 g/mol. The number of nitrogens with one attached hydrogen (secondary N) is 1. The van der Waals surface area contributed by atoms with Gasteiger partial charge in [0.1, 0.15) is 35.9 Å². The van der Waals surface area contributed by atoms with Gasteiger partial charge >= 0.3 is 0 Å². The lowest BCUT2D eigenvalue weighted by atomic mass is 9.80. The van der Waals surface area contributed by atoms with E-state index < -0.39 is 11.2 Å². The number of amides is 1. The van der Waals surface area contributed by atoms with Crippen LogP contribution in [0.4, 0.5) is 0 Å². The number of ether oxygens (including phenoxy) is 11. The van der Waals surface area contributed by atoms with Gasteiger partial charge in [0.05, 0.1) is 106 Å². The Labute approximate surface area is 475 Å². The van der Waals surface area contributed by atoms with Crippen LogP contribution < -0.4 is 14.8 Å². The first-order valence-corrected chi connectivity index (χ1v) is 27.5. The Bertz CT molecular complexity index is 2480. The molecule has 0 aromatic heterocycles. The summed E-state index contributed by atoms with van der Waals surface area (Å²) in [4.78, 5) is 16.1. The molecule has 0 saturated heterocycles. The van der Waals surface area contributed by atoms with Crippen LogP contribution >= 0.6 is 0 Å². The minimum Gasteiger partial charge on any atom is -0.491 e. The monoisotopic (exact) mass is 1100 g/mol. The van der Waals surface area contributed by atoms with Gasteiger partial charge in [0.2, 0.25) is 0 Å². The third-order valence-electron chi connectivity index (χ3n) is 12.7. The van der Waals surface area contributed by atoms with Gasteiger partial charge in [0, 0.05) is 29.6 Å². The first-order chi connectivity index (χ1) is 40.1. The highest BCUT2D eigenvalue weighted by Crippen LogP contribution is 2.42. The van der Waals surface area contributed by atoms with Crippen LogP contribution in [-0.2, 0) is 53.8 Å². The van der Waals surface area contributed by atoms with E-state index in [-0.39, 0.29) is 52.0 Å². The smallest absolute Gasteiger partial charge is 0.251 e. The number of carbonyl (C=O) groups is 1. The number of hydrogen-bond acceptors (Lipinski definition) is 13. The zero-order valence-electron chi connectivity index (χ0n) is 45.9. The first kappa shape index (κ1) is 61.2. The third kappa shape index (κ3) is 19.7. The second kappa shape index (κ2) is 36.0. The van der Waals surface area contributed by atoms with Crippen LogP contribution in [0.25, 0.3) is 10.4 Å². The molecule has 7 aromatic rings. The molecule has 16 heteroatoms. The number of nitrogens with zero attached hydrogens (tertiary/aromatic N) is 3. The van der Waals surface area contributed by atoms with E-state index >= 15 is 0 Å². The van der Waals surface area contributed by atoms with Gasteiger partial charge < -0.3 is 57.4 Å². The highest BCUT2D eigenvalue weighted by Gasteiger charge is 2.38. The van der Waals surface area contributed by atoms with Crippen LogP contribution in [-0.4, -0.2) is 138 Å². The summed E-state index contributed by atoms with van der Waals surface area (Å²) >= 11 is 0. The molecule has 0 aliphatic carbocycles. The van der Waals surface area contributed by atoms with Gasteiger partial charge in [-0.2, -0.15) is 0 Å². The van der Waals surface area contributed by atoms with Crippen LogP contribution in [0, 0.1) is 0 Å². The molecule has 7 rings (SSSR count). The Morgan fingerprint density at radius 1 is 0.370 bits per heavy atom. The third-order valence-corrected chi connectivity index (χ3v) is 12.7. The lowest BCUT2D eigenvalue weighted by Crippen LogP contribution is -2.34. The van der Waals surface area contributed by atoms with Gasteiger partial charge in [0.25, 0.3) is 5.91 Å². The fourth-order valence-corrected chi connectivity index (χ4v) is 9.03. The lowest BCUT2D eigenvalue weighted by molar-refractivity contribution is -0.0345. The topological polar surface area (TPSA) is 179 Å². The molecule has 7 aromatic carbocycles. The van der Waals surface area contributed by atoms with E-state index in [0.717, 1.165) is 33.4 Å². The van der Waals surface area contributed by atoms with Crippen molar-refractivity contribution >= 4 is 5.91 Å². The zero-order valence-corrected chi connectivity index (χ0v) is 45.9. The summed E-state index contributed by atoms with van der Waals surface area (Å²) in [6, 6.07) is 66.5. The van der Waals surface area contributed by atoms with Crippen molar-refractivity contribution in [2.24, 2.45) is 5.11 Å². The molecule has 0 fully saturated rings. The molecule has 0 saturated carbocycles. The Morgan fingerprint density at radius 3 is 0.975 bits per heavy atom. The van der Waals surface area contributed by atoms with Crippen molar-refractivity contribution in [1.29, 1.82) is 0 Å². The van der Waals surface area contributed by atoms with Gasteiger partial charge in [-0.1, -0.05) is 187 Å². The maximum atomic E-state index is 13.4. The number of hydrogen-bond donors (Lipinski definition) is 1. The van der Waals surface area contributed by atoms with Crippen molar-refractivity contribution in [3.63, 3.8) is 0 Å². The van der Waals surface area contributed by atoms with Crippen molar-refractivity contribution in [3.05, 3.63) is 250 Å². The second-order valence-electron chi connectivity index (χ2n) is 18.1. The molecule has 0 heterocycles. The van der Waals surface area contributed by atoms with Gasteiger partial charge in [-0.3, -0.25) is 4.79 Å². The van der Waals surface area contributed by atoms with Gasteiger partial charge in [-0.15, -0.1) is 0 Å². The summed E-state index contributed by atoms with van der Waals surface area (Å²) in [6.07, 6.45) is 0. The summed E-state index contributed by atoms with van der Waals surface area (Å²) in [7, 11) is 0. The molecular formula is C65H74N4O12. The first-order valence-electron chi connectivity index (χ1n) is 27.5. The van der Waals surface area contributed by atoms with Crippen LogP contribution in [0.1, 0.15) is 43.7 Å². The van der Waals surface area contributed by atoms with Gasteiger partial charge in [0.15, 0.2) is 0 Å². The fourth-order valence-electron chi connectivity index (χ4n) is 9.03. The maximum Gasteiger partial charge on any atom is 0.251 e.